The van der Waals surface area contributed by atoms with Crippen molar-refractivity contribution in [2.24, 2.45) is 5.92 Å². The highest BCUT2D eigenvalue weighted by molar-refractivity contribution is 5.69. The Bertz CT molecular complexity index is 312. The van der Waals surface area contributed by atoms with Crippen LogP contribution in [-0.4, -0.2) is 0 Å². The van der Waals surface area contributed by atoms with Gasteiger partial charge in [0.05, 0.1) is 0 Å². The van der Waals surface area contributed by atoms with Crippen LogP contribution in [0.2, 0.25) is 0 Å². The normalized spacial score (nSPS) is 17.5. The SMILES string of the molecule is CC=C(c1ccc(C)cc1)C1CC1. The number of rotatable bonds is 2. The summed E-state index contributed by atoms with van der Waals surface area (Å²) in [6.45, 7) is 4.28. The first-order chi connectivity index (χ1) is 6.31. The van der Waals surface area contributed by atoms with Crippen LogP contribution in [0.4, 0.5) is 0 Å². The molecule has 0 heteroatoms. The van der Waals surface area contributed by atoms with Crippen molar-refractivity contribution in [3.05, 3.63) is 41.5 Å². The van der Waals surface area contributed by atoms with Gasteiger partial charge in [0.15, 0.2) is 0 Å². The van der Waals surface area contributed by atoms with E-state index in [0.717, 1.165) is 5.92 Å². The van der Waals surface area contributed by atoms with Gasteiger partial charge in [-0.05, 0) is 43.7 Å². The molecule has 0 heterocycles. The molecule has 0 aliphatic heterocycles. The van der Waals surface area contributed by atoms with Gasteiger partial charge < -0.3 is 0 Å². The minimum Gasteiger partial charge on any atom is -0.0836 e. The summed E-state index contributed by atoms with van der Waals surface area (Å²) in [7, 11) is 0. The molecule has 2 rings (SSSR count). The number of hydrogen-bond acceptors (Lipinski definition) is 0. The molecule has 0 amide bonds. The average Bonchev–Trinajstić information content (AvgIpc) is 2.93. The minimum atomic E-state index is 0.854. The third-order valence-corrected chi connectivity index (χ3v) is 2.71. The van der Waals surface area contributed by atoms with E-state index in [9.17, 15) is 0 Å². The van der Waals surface area contributed by atoms with Gasteiger partial charge in [0, 0.05) is 0 Å². The van der Waals surface area contributed by atoms with Gasteiger partial charge in [-0.1, -0.05) is 35.9 Å². The molecule has 1 fully saturated rings. The molecule has 0 radical (unpaired) electrons. The second-order valence-corrected chi connectivity index (χ2v) is 3.88. The highest BCUT2D eigenvalue weighted by Crippen LogP contribution is 2.41. The van der Waals surface area contributed by atoms with Crippen LogP contribution >= 0.6 is 0 Å². The fourth-order valence-corrected chi connectivity index (χ4v) is 1.78. The van der Waals surface area contributed by atoms with Gasteiger partial charge in [-0.3, -0.25) is 0 Å². The summed E-state index contributed by atoms with van der Waals surface area (Å²) in [5, 5.41) is 0. The molecule has 1 aromatic carbocycles. The van der Waals surface area contributed by atoms with E-state index in [-0.39, 0.29) is 0 Å². The van der Waals surface area contributed by atoms with Crippen LogP contribution in [0.25, 0.3) is 5.57 Å². The molecular weight excluding hydrogens is 156 g/mol. The summed E-state index contributed by atoms with van der Waals surface area (Å²) in [5.74, 6) is 0.854. The fourth-order valence-electron chi connectivity index (χ4n) is 1.78. The first-order valence-electron chi connectivity index (χ1n) is 5.04. The lowest BCUT2D eigenvalue weighted by Crippen LogP contribution is -1.86. The molecule has 0 unspecified atom stereocenters. The first-order valence-corrected chi connectivity index (χ1v) is 5.04. The highest BCUT2D eigenvalue weighted by atomic mass is 14.3. The van der Waals surface area contributed by atoms with Gasteiger partial charge in [0.2, 0.25) is 0 Å². The topological polar surface area (TPSA) is 0 Å². The molecule has 68 valence electrons. The van der Waals surface area contributed by atoms with Crippen molar-refractivity contribution < 1.29 is 0 Å². The van der Waals surface area contributed by atoms with E-state index in [4.69, 9.17) is 0 Å². The van der Waals surface area contributed by atoms with Gasteiger partial charge in [-0.2, -0.15) is 0 Å². The van der Waals surface area contributed by atoms with Crippen molar-refractivity contribution in [2.75, 3.05) is 0 Å². The maximum atomic E-state index is 2.27. The van der Waals surface area contributed by atoms with Gasteiger partial charge in [-0.15, -0.1) is 0 Å². The molecule has 0 spiro atoms. The van der Waals surface area contributed by atoms with Crippen LogP contribution in [0, 0.1) is 12.8 Å². The summed E-state index contributed by atoms with van der Waals surface area (Å²) >= 11 is 0. The summed E-state index contributed by atoms with van der Waals surface area (Å²) in [5.41, 5.74) is 4.30. The van der Waals surface area contributed by atoms with Gasteiger partial charge in [0.1, 0.15) is 0 Å². The van der Waals surface area contributed by atoms with Crippen LogP contribution in [0.15, 0.2) is 30.3 Å². The largest absolute Gasteiger partial charge is 0.0836 e. The molecule has 0 bridgehead atoms. The first kappa shape index (κ1) is 8.55. The van der Waals surface area contributed by atoms with Crippen molar-refractivity contribution in [1.29, 1.82) is 0 Å². The zero-order valence-electron chi connectivity index (χ0n) is 8.38. The maximum Gasteiger partial charge on any atom is -0.0159 e. The van der Waals surface area contributed by atoms with E-state index in [1.54, 1.807) is 5.57 Å². The zero-order chi connectivity index (χ0) is 9.26. The number of benzene rings is 1. The monoisotopic (exact) mass is 172 g/mol. The van der Waals surface area contributed by atoms with Crippen LogP contribution in [0.1, 0.15) is 30.9 Å². The molecular formula is C13H16. The van der Waals surface area contributed by atoms with Gasteiger partial charge >= 0.3 is 0 Å². The van der Waals surface area contributed by atoms with Crippen LogP contribution < -0.4 is 0 Å². The summed E-state index contributed by atoms with van der Waals surface area (Å²) in [4.78, 5) is 0. The Morgan fingerprint density at radius 1 is 1.23 bits per heavy atom. The molecule has 0 N–H and O–H groups in total. The number of hydrogen-bond donors (Lipinski definition) is 0. The van der Waals surface area contributed by atoms with E-state index in [1.165, 1.54) is 24.0 Å². The predicted octanol–water partition coefficient (Wildman–Crippen LogP) is 3.81. The van der Waals surface area contributed by atoms with Crippen molar-refractivity contribution >= 4 is 5.57 Å². The number of aryl methyl sites for hydroxylation is 1. The third kappa shape index (κ3) is 1.82. The summed E-state index contributed by atoms with van der Waals surface area (Å²) in [6.07, 6.45) is 5.03. The van der Waals surface area contributed by atoms with Gasteiger partial charge in [0.25, 0.3) is 0 Å². The van der Waals surface area contributed by atoms with E-state index in [0.29, 0.717) is 0 Å². The molecule has 1 aliphatic rings. The zero-order valence-corrected chi connectivity index (χ0v) is 8.38. The van der Waals surface area contributed by atoms with Crippen molar-refractivity contribution in [3.63, 3.8) is 0 Å². The molecule has 13 heavy (non-hydrogen) atoms. The lowest BCUT2D eigenvalue weighted by Gasteiger charge is -2.05. The number of allylic oxidation sites excluding steroid dienone is 2. The van der Waals surface area contributed by atoms with E-state index < -0.39 is 0 Å². The maximum absolute atomic E-state index is 2.27. The molecule has 1 aromatic rings. The smallest absolute Gasteiger partial charge is 0.0159 e. The average molecular weight is 172 g/mol. The lowest BCUT2D eigenvalue weighted by atomic mass is 10.0. The Morgan fingerprint density at radius 3 is 2.31 bits per heavy atom. The molecule has 1 saturated carbocycles. The standard InChI is InChI=1S/C13H16/c1-3-13(12-8-9-12)11-6-4-10(2)5-7-11/h3-7,12H,8-9H2,1-2H3. The molecule has 1 aliphatic carbocycles. The van der Waals surface area contributed by atoms with Crippen molar-refractivity contribution in [2.45, 2.75) is 26.7 Å². The van der Waals surface area contributed by atoms with E-state index >= 15 is 0 Å². The molecule has 0 aromatic heterocycles. The Morgan fingerprint density at radius 2 is 1.85 bits per heavy atom. The Kier molecular flexibility index (Phi) is 2.22. The second kappa shape index (κ2) is 3.37. The summed E-state index contributed by atoms with van der Waals surface area (Å²) in [6, 6.07) is 8.87. The quantitative estimate of drug-likeness (QED) is 0.636. The van der Waals surface area contributed by atoms with Crippen LogP contribution in [0.3, 0.4) is 0 Å². The summed E-state index contributed by atoms with van der Waals surface area (Å²) < 4.78 is 0. The minimum absolute atomic E-state index is 0.854. The van der Waals surface area contributed by atoms with Crippen LogP contribution in [0.5, 0.6) is 0 Å². The second-order valence-electron chi connectivity index (χ2n) is 3.88. The molecule has 0 atom stereocenters. The Balaban J connectivity index is 2.28. The third-order valence-electron chi connectivity index (χ3n) is 2.71. The molecule has 0 nitrogen and oxygen atoms in total. The molecule has 0 saturated heterocycles. The predicted molar refractivity (Wildman–Crippen MR) is 57.6 cm³/mol. The Hall–Kier alpha value is -1.04. The lowest BCUT2D eigenvalue weighted by molar-refractivity contribution is 1.14. The van der Waals surface area contributed by atoms with E-state index in [2.05, 4.69) is 44.2 Å². The Labute approximate surface area is 80.3 Å². The van der Waals surface area contributed by atoms with Crippen LogP contribution in [-0.2, 0) is 0 Å². The van der Waals surface area contributed by atoms with E-state index in [1.807, 2.05) is 0 Å². The fraction of sp³-hybridized carbons (Fsp3) is 0.385. The highest BCUT2D eigenvalue weighted by Gasteiger charge is 2.25. The van der Waals surface area contributed by atoms with Crippen molar-refractivity contribution in [3.8, 4) is 0 Å². The van der Waals surface area contributed by atoms with Gasteiger partial charge in [-0.25, -0.2) is 0 Å². The van der Waals surface area contributed by atoms with Crippen molar-refractivity contribution in [1.82, 2.24) is 0 Å².